The number of rotatable bonds is 0. The quantitative estimate of drug-likeness (QED) is 0.517. The van der Waals surface area contributed by atoms with Crippen LogP contribution < -0.4 is 5.32 Å². The molecule has 0 bridgehead atoms. The Morgan fingerprint density at radius 2 is 1.45 bits per heavy atom. The molecule has 1 nitrogen and oxygen atoms in total. The Hall–Kier alpha value is -0.300. The normalized spacial score (nSPS) is 53.1. The van der Waals surface area contributed by atoms with Crippen LogP contribution in [0.1, 0.15) is 25.7 Å². The zero-order chi connectivity index (χ0) is 7.36. The number of hydrogen-bond acceptors (Lipinski definition) is 1. The minimum Gasteiger partial charge on any atom is -0.316 e. The van der Waals surface area contributed by atoms with E-state index in [1.54, 1.807) is 0 Å². The molecule has 2 fully saturated rings. The molecule has 60 valence electrons. The highest BCUT2D eigenvalue weighted by molar-refractivity contribution is 5.20. The van der Waals surface area contributed by atoms with Crippen LogP contribution in [-0.2, 0) is 0 Å². The van der Waals surface area contributed by atoms with Crippen LogP contribution in [0.25, 0.3) is 0 Å². The van der Waals surface area contributed by atoms with Gasteiger partial charge in [0.1, 0.15) is 0 Å². The third kappa shape index (κ3) is 0.538. The molecule has 0 aromatic heterocycles. The average Bonchev–Trinajstić information content (AvgIpc) is 2.29. The maximum atomic E-state index is 3.57. The van der Waals surface area contributed by atoms with Crippen molar-refractivity contribution in [1.82, 2.24) is 5.32 Å². The minimum absolute atomic E-state index is 0.710. The van der Waals surface area contributed by atoms with Gasteiger partial charge in [-0.2, -0.15) is 0 Å². The zero-order valence-corrected chi connectivity index (χ0v) is 6.90. The highest BCUT2D eigenvalue weighted by atomic mass is 15.0. The van der Waals surface area contributed by atoms with Crippen molar-refractivity contribution in [3.05, 3.63) is 12.2 Å². The van der Waals surface area contributed by atoms with Crippen LogP contribution in [-0.4, -0.2) is 13.1 Å². The first-order chi connectivity index (χ1) is 5.37. The Kier molecular flexibility index (Phi) is 0.972. The highest BCUT2D eigenvalue weighted by Crippen LogP contribution is 2.64. The van der Waals surface area contributed by atoms with E-state index in [1.807, 2.05) is 0 Å². The lowest BCUT2D eigenvalue weighted by Gasteiger charge is -2.56. The van der Waals surface area contributed by atoms with Crippen molar-refractivity contribution in [3.8, 4) is 0 Å². The summed E-state index contributed by atoms with van der Waals surface area (Å²) in [4.78, 5) is 0. The fourth-order valence-corrected chi connectivity index (χ4v) is 3.32. The molecule has 2 unspecified atom stereocenters. The molecule has 1 N–H and O–H groups in total. The molecule has 1 aliphatic heterocycles. The fourth-order valence-electron chi connectivity index (χ4n) is 3.32. The summed E-state index contributed by atoms with van der Waals surface area (Å²) in [5.74, 6) is 0. The summed E-state index contributed by atoms with van der Waals surface area (Å²) < 4.78 is 0. The molecular formula is C10H15N. The van der Waals surface area contributed by atoms with Crippen molar-refractivity contribution in [3.63, 3.8) is 0 Å². The van der Waals surface area contributed by atoms with Crippen molar-refractivity contribution in [2.45, 2.75) is 25.7 Å². The van der Waals surface area contributed by atoms with Crippen LogP contribution in [0.3, 0.4) is 0 Å². The molecule has 2 aliphatic carbocycles. The molecule has 1 heteroatoms. The van der Waals surface area contributed by atoms with Gasteiger partial charge >= 0.3 is 0 Å². The van der Waals surface area contributed by atoms with Crippen molar-refractivity contribution in [1.29, 1.82) is 0 Å². The summed E-state index contributed by atoms with van der Waals surface area (Å²) >= 11 is 0. The van der Waals surface area contributed by atoms with Crippen LogP contribution in [0.5, 0.6) is 0 Å². The van der Waals surface area contributed by atoms with Crippen molar-refractivity contribution >= 4 is 0 Å². The van der Waals surface area contributed by atoms with Gasteiger partial charge in [-0.3, -0.25) is 0 Å². The van der Waals surface area contributed by atoms with E-state index < -0.39 is 0 Å². The van der Waals surface area contributed by atoms with Crippen LogP contribution >= 0.6 is 0 Å². The monoisotopic (exact) mass is 149 g/mol. The maximum absolute atomic E-state index is 3.57. The average molecular weight is 149 g/mol. The summed E-state index contributed by atoms with van der Waals surface area (Å²) in [7, 11) is 0. The Labute approximate surface area is 67.9 Å². The summed E-state index contributed by atoms with van der Waals surface area (Å²) in [6.07, 6.45) is 10.4. The molecular weight excluding hydrogens is 134 g/mol. The smallest absolute Gasteiger partial charge is 0.00169 e. The van der Waals surface area contributed by atoms with E-state index in [4.69, 9.17) is 0 Å². The molecule has 3 aliphatic rings. The number of hydrogen-bond donors (Lipinski definition) is 1. The van der Waals surface area contributed by atoms with Gasteiger partial charge in [-0.05, 0) is 36.5 Å². The van der Waals surface area contributed by atoms with E-state index in [0.29, 0.717) is 10.8 Å². The lowest BCUT2D eigenvalue weighted by molar-refractivity contribution is -0.0325. The van der Waals surface area contributed by atoms with E-state index in [-0.39, 0.29) is 0 Å². The second kappa shape index (κ2) is 1.71. The van der Waals surface area contributed by atoms with Crippen LogP contribution in [0.15, 0.2) is 12.2 Å². The summed E-state index contributed by atoms with van der Waals surface area (Å²) in [5.41, 5.74) is 1.42. The Balaban J connectivity index is 2.04. The van der Waals surface area contributed by atoms with Gasteiger partial charge in [-0.1, -0.05) is 12.2 Å². The first-order valence-electron chi connectivity index (χ1n) is 4.73. The topological polar surface area (TPSA) is 12.0 Å². The fraction of sp³-hybridized carbons (Fsp3) is 0.800. The maximum Gasteiger partial charge on any atom is 0.00169 e. The van der Waals surface area contributed by atoms with Crippen LogP contribution in [0, 0.1) is 10.8 Å². The molecule has 1 heterocycles. The summed E-state index contributed by atoms with van der Waals surface area (Å²) in [6, 6.07) is 0. The Bertz CT molecular complexity index is 199. The SMILES string of the molecule is C1=CCC23CCC2(C1)CNC3. The summed E-state index contributed by atoms with van der Waals surface area (Å²) in [6.45, 7) is 2.58. The molecule has 11 heavy (non-hydrogen) atoms. The third-order valence-corrected chi connectivity index (χ3v) is 4.32. The standard InChI is InChI=1S/C10H15N/c1-2-4-10-6-5-9(10,3-1)7-11-8-10/h1-2,11H,3-8H2. The van der Waals surface area contributed by atoms with Gasteiger partial charge < -0.3 is 5.32 Å². The second-order valence-electron chi connectivity index (χ2n) is 4.54. The first-order valence-corrected chi connectivity index (χ1v) is 4.73. The van der Waals surface area contributed by atoms with E-state index in [9.17, 15) is 0 Å². The number of nitrogens with one attached hydrogen (secondary N) is 1. The van der Waals surface area contributed by atoms with Gasteiger partial charge in [0.2, 0.25) is 0 Å². The third-order valence-electron chi connectivity index (χ3n) is 4.32. The van der Waals surface area contributed by atoms with Crippen molar-refractivity contribution < 1.29 is 0 Å². The molecule has 0 aromatic rings. The van der Waals surface area contributed by atoms with Gasteiger partial charge in [0.15, 0.2) is 0 Å². The minimum atomic E-state index is 0.710. The van der Waals surface area contributed by atoms with Gasteiger partial charge in [-0.15, -0.1) is 0 Å². The summed E-state index contributed by atoms with van der Waals surface area (Å²) in [5, 5.41) is 3.57. The molecule has 0 radical (unpaired) electrons. The largest absolute Gasteiger partial charge is 0.316 e. The molecule has 2 atom stereocenters. The van der Waals surface area contributed by atoms with E-state index in [1.165, 1.54) is 38.8 Å². The van der Waals surface area contributed by atoms with Crippen LogP contribution in [0.4, 0.5) is 0 Å². The van der Waals surface area contributed by atoms with Crippen molar-refractivity contribution in [2.75, 3.05) is 13.1 Å². The first kappa shape index (κ1) is 6.24. The van der Waals surface area contributed by atoms with Gasteiger partial charge in [0, 0.05) is 13.1 Å². The predicted molar refractivity (Wildman–Crippen MR) is 45.3 cm³/mol. The van der Waals surface area contributed by atoms with E-state index >= 15 is 0 Å². The molecule has 0 aromatic carbocycles. The van der Waals surface area contributed by atoms with E-state index in [0.717, 1.165) is 0 Å². The number of allylic oxidation sites excluding steroid dienone is 2. The van der Waals surface area contributed by atoms with Crippen molar-refractivity contribution in [2.24, 2.45) is 10.8 Å². The van der Waals surface area contributed by atoms with Crippen LogP contribution in [0.2, 0.25) is 0 Å². The second-order valence-corrected chi connectivity index (χ2v) is 4.54. The lowest BCUT2D eigenvalue weighted by atomic mass is 9.47. The zero-order valence-electron chi connectivity index (χ0n) is 6.90. The predicted octanol–water partition coefficient (Wildman–Crippen LogP) is 1.71. The molecule has 1 saturated carbocycles. The lowest BCUT2D eigenvalue weighted by Crippen LogP contribution is -2.51. The molecule has 1 saturated heterocycles. The van der Waals surface area contributed by atoms with Gasteiger partial charge in [0.05, 0.1) is 0 Å². The molecule has 0 amide bonds. The van der Waals surface area contributed by atoms with E-state index in [2.05, 4.69) is 17.5 Å². The highest BCUT2D eigenvalue weighted by Gasteiger charge is 2.60. The Morgan fingerprint density at radius 1 is 0.909 bits per heavy atom. The van der Waals surface area contributed by atoms with Gasteiger partial charge in [-0.25, -0.2) is 0 Å². The molecule has 0 spiro atoms. The molecule has 3 rings (SSSR count). The Morgan fingerprint density at radius 3 is 1.91 bits per heavy atom. The van der Waals surface area contributed by atoms with Gasteiger partial charge in [0.25, 0.3) is 0 Å².